The van der Waals surface area contributed by atoms with Gasteiger partial charge >= 0.3 is 0 Å². The van der Waals surface area contributed by atoms with Gasteiger partial charge in [0.25, 0.3) is 0 Å². The summed E-state index contributed by atoms with van der Waals surface area (Å²) in [6.07, 6.45) is 4.47. The highest BCUT2D eigenvalue weighted by Crippen LogP contribution is 2.44. The van der Waals surface area contributed by atoms with Gasteiger partial charge in [-0.3, -0.25) is 4.90 Å². The van der Waals surface area contributed by atoms with E-state index < -0.39 is 0 Å². The average Bonchev–Trinajstić information content (AvgIpc) is 2.79. The molecule has 84 valence electrons. The van der Waals surface area contributed by atoms with Crippen LogP contribution in [0.25, 0.3) is 0 Å². The predicted octanol–water partition coefficient (Wildman–Crippen LogP) is 3.54. The third-order valence-electron chi connectivity index (χ3n) is 3.83. The lowest BCUT2D eigenvalue weighted by Crippen LogP contribution is -2.43. The van der Waals surface area contributed by atoms with Crippen LogP contribution in [0.3, 0.4) is 0 Å². The fraction of sp³-hybridized carbons (Fsp3) is 1.00. The van der Waals surface area contributed by atoms with Gasteiger partial charge in [-0.2, -0.15) is 0 Å². The van der Waals surface area contributed by atoms with Crippen molar-refractivity contribution in [2.45, 2.75) is 66.0 Å². The summed E-state index contributed by atoms with van der Waals surface area (Å²) in [6.45, 7) is 12.3. The molecule has 0 aromatic rings. The Morgan fingerprint density at radius 2 is 1.86 bits per heavy atom. The molecule has 2 bridgehead atoms. The van der Waals surface area contributed by atoms with E-state index in [-0.39, 0.29) is 0 Å². The highest BCUT2D eigenvalue weighted by atomic mass is 15.2. The largest absolute Gasteiger partial charge is 0.297 e. The van der Waals surface area contributed by atoms with E-state index in [9.17, 15) is 0 Å². The molecule has 1 nitrogen and oxygen atoms in total. The maximum atomic E-state index is 2.75. The van der Waals surface area contributed by atoms with Crippen molar-refractivity contribution in [1.82, 2.24) is 4.90 Å². The molecule has 1 aliphatic heterocycles. The van der Waals surface area contributed by atoms with Crippen molar-refractivity contribution in [3.63, 3.8) is 0 Å². The summed E-state index contributed by atoms with van der Waals surface area (Å²) in [4.78, 5) is 2.75. The summed E-state index contributed by atoms with van der Waals surface area (Å²) in [5.41, 5.74) is 0. The van der Waals surface area contributed by atoms with E-state index in [1.54, 1.807) is 0 Å². The Bertz CT molecular complexity index is 165. The third-order valence-corrected chi connectivity index (χ3v) is 3.83. The standard InChI is InChI=1S/C11H21N.C2H6/c1-4-12-10-6-5-9(7-10)11(12)8(2)3;1-2/h8-11H,4-7H2,1-3H3;1-2H3. The summed E-state index contributed by atoms with van der Waals surface area (Å²) in [5, 5.41) is 0. The normalized spacial score (nSPS) is 36.0. The molecule has 1 saturated heterocycles. The number of rotatable bonds is 2. The predicted molar refractivity (Wildman–Crippen MR) is 63.5 cm³/mol. The number of fused-ring (bicyclic) bond motifs is 2. The van der Waals surface area contributed by atoms with Crippen molar-refractivity contribution in [3.05, 3.63) is 0 Å². The fourth-order valence-corrected chi connectivity index (χ4v) is 3.51. The van der Waals surface area contributed by atoms with Crippen molar-refractivity contribution < 1.29 is 0 Å². The van der Waals surface area contributed by atoms with Crippen LogP contribution in [0.1, 0.15) is 53.9 Å². The smallest absolute Gasteiger partial charge is 0.0150 e. The molecule has 0 radical (unpaired) electrons. The second-order valence-electron chi connectivity index (χ2n) is 4.79. The number of hydrogen-bond acceptors (Lipinski definition) is 1. The molecule has 1 saturated carbocycles. The van der Waals surface area contributed by atoms with Gasteiger partial charge in [-0.25, -0.2) is 0 Å². The zero-order chi connectivity index (χ0) is 10.7. The van der Waals surface area contributed by atoms with Gasteiger partial charge in [0, 0.05) is 12.1 Å². The lowest BCUT2D eigenvalue weighted by atomic mass is 9.89. The molecule has 2 fully saturated rings. The van der Waals surface area contributed by atoms with E-state index in [1.165, 1.54) is 25.8 Å². The molecule has 3 unspecified atom stereocenters. The first-order valence-electron chi connectivity index (χ1n) is 6.49. The quantitative estimate of drug-likeness (QED) is 0.654. The molecule has 0 N–H and O–H groups in total. The van der Waals surface area contributed by atoms with Crippen molar-refractivity contribution in [2.24, 2.45) is 11.8 Å². The van der Waals surface area contributed by atoms with E-state index >= 15 is 0 Å². The SMILES string of the molecule is CC.CCN1C2CCC(C2)C1C(C)C. The number of nitrogens with zero attached hydrogens (tertiary/aromatic N) is 1. The number of hydrogen-bond donors (Lipinski definition) is 0. The van der Waals surface area contributed by atoms with E-state index in [4.69, 9.17) is 0 Å². The molecule has 0 aromatic carbocycles. The van der Waals surface area contributed by atoms with Gasteiger partial charge < -0.3 is 0 Å². The van der Waals surface area contributed by atoms with Crippen LogP contribution >= 0.6 is 0 Å². The van der Waals surface area contributed by atoms with Crippen LogP contribution in [0.2, 0.25) is 0 Å². The molecule has 0 spiro atoms. The molecule has 2 rings (SSSR count). The van der Waals surface area contributed by atoms with Crippen LogP contribution in [0.5, 0.6) is 0 Å². The van der Waals surface area contributed by atoms with Crippen molar-refractivity contribution in [3.8, 4) is 0 Å². The van der Waals surface area contributed by atoms with Crippen molar-refractivity contribution >= 4 is 0 Å². The molecular formula is C13H27N. The minimum absolute atomic E-state index is 0.861. The Kier molecular flexibility index (Phi) is 4.43. The van der Waals surface area contributed by atoms with Crippen molar-refractivity contribution in [1.29, 1.82) is 0 Å². The van der Waals surface area contributed by atoms with E-state index in [1.807, 2.05) is 13.8 Å². The summed E-state index contributed by atoms with van der Waals surface area (Å²) >= 11 is 0. The van der Waals surface area contributed by atoms with Gasteiger partial charge in [0.15, 0.2) is 0 Å². The molecule has 1 aliphatic carbocycles. The van der Waals surface area contributed by atoms with Gasteiger partial charge in [-0.1, -0.05) is 34.6 Å². The molecule has 3 atom stereocenters. The van der Waals surface area contributed by atoms with E-state index in [0.717, 1.165) is 23.9 Å². The monoisotopic (exact) mass is 197 g/mol. The first-order valence-corrected chi connectivity index (χ1v) is 6.49. The van der Waals surface area contributed by atoms with Crippen LogP contribution in [0.15, 0.2) is 0 Å². The zero-order valence-corrected chi connectivity index (χ0v) is 10.6. The van der Waals surface area contributed by atoms with Crippen LogP contribution in [0, 0.1) is 11.8 Å². The van der Waals surface area contributed by atoms with Crippen LogP contribution < -0.4 is 0 Å². The molecule has 1 heteroatoms. The molecule has 1 heterocycles. The summed E-state index contributed by atoms with van der Waals surface area (Å²) in [5.74, 6) is 1.90. The second kappa shape index (κ2) is 5.16. The average molecular weight is 197 g/mol. The molecule has 0 aromatic heterocycles. The number of piperidine rings is 1. The van der Waals surface area contributed by atoms with Crippen molar-refractivity contribution in [2.75, 3.05) is 6.54 Å². The third kappa shape index (κ3) is 1.98. The Hall–Kier alpha value is -0.0400. The highest BCUT2D eigenvalue weighted by molar-refractivity contribution is 4.99. The Labute approximate surface area is 89.9 Å². The van der Waals surface area contributed by atoms with E-state index in [2.05, 4.69) is 25.7 Å². The van der Waals surface area contributed by atoms with E-state index in [0.29, 0.717) is 0 Å². The topological polar surface area (TPSA) is 3.24 Å². The lowest BCUT2D eigenvalue weighted by Gasteiger charge is -2.37. The van der Waals surface area contributed by atoms with Crippen LogP contribution in [-0.4, -0.2) is 23.5 Å². The summed E-state index contributed by atoms with van der Waals surface area (Å²) in [7, 11) is 0. The Morgan fingerprint density at radius 1 is 1.21 bits per heavy atom. The molecular weight excluding hydrogens is 170 g/mol. The molecule has 2 aliphatic rings. The van der Waals surface area contributed by atoms with Gasteiger partial charge in [-0.15, -0.1) is 0 Å². The summed E-state index contributed by atoms with van der Waals surface area (Å²) < 4.78 is 0. The minimum atomic E-state index is 0.861. The van der Waals surface area contributed by atoms with Gasteiger partial charge in [0.1, 0.15) is 0 Å². The second-order valence-corrected chi connectivity index (χ2v) is 4.79. The molecule has 14 heavy (non-hydrogen) atoms. The first-order chi connectivity index (χ1) is 6.74. The molecule has 0 amide bonds. The maximum Gasteiger partial charge on any atom is 0.0150 e. The van der Waals surface area contributed by atoms with Gasteiger partial charge in [0.2, 0.25) is 0 Å². The first kappa shape index (κ1) is 12.0. The van der Waals surface area contributed by atoms with Crippen LogP contribution in [0.4, 0.5) is 0 Å². The minimum Gasteiger partial charge on any atom is -0.297 e. The Balaban J connectivity index is 0.000000461. The number of likely N-dealkylation sites (tertiary alicyclic amines) is 1. The highest BCUT2D eigenvalue weighted by Gasteiger charge is 2.45. The summed E-state index contributed by atoms with van der Waals surface area (Å²) in [6, 6.07) is 1.86. The Morgan fingerprint density at radius 3 is 2.29 bits per heavy atom. The fourth-order valence-electron chi connectivity index (χ4n) is 3.51. The van der Waals surface area contributed by atoms with Gasteiger partial charge in [-0.05, 0) is 37.6 Å². The van der Waals surface area contributed by atoms with Gasteiger partial charge in [0.05, 0.1) is 0 Å². The lowest BCUT2D eigenvalue weighted by molar-refractivity contribution is 0.111. The van der Waals surface area contributed by atoms with Crippen LogP contribution in [-0.2, 0) is 0 Å². The zero-order valence-electron chi connectivity index (χ0n) is 10.6. The maximum absolute atomic E-state index is 2.75.